The van der Waals surface area contributed by atoms with Crippen molar-refractivity contribution in [3.05, 3.63) is 62.8 Å². The summed E-state index contributed by atoms with van der Waals surface area (Å²) in [5, 5.41) is 12.1. The van der Waals surface area contributed by atoms with Crippen LogP contribution in [0.25, 0.3) is 5.57 Å². The Morgan fingerprint density at radius 2 is 2.27 bits per heavy atom. The fourth-order valence-electron chi connectivity index (χ4n) is 3.50. The molecule has 0 spiro atoms. The average Bonchev–Trinajstić information content (AvgIpc) is 3.04. The third kappa shape index (κ3) is 4.76. The molecule has 1 fully saturated rings. The van der Waals surface area contributed by atoms with Gasteiger partial charge in [-0.05, 0) is 73.0 Å². The van der Waals surface area contributed by atoms with E-state index in [2.05, 4.69) is 35.4 Å². The first-order valence-electron chi connectivity index (χ1n) is 9.00. The molecule has 1 aromatic carbocycles. The van der Waals surface area contributed by atoms with Gasteiger partial charge in [-0.1, -0.05) is 29.8 Å². The minimum Gasteiger partial charge on any atom is -0.481 e. The Bertz CT molecular complexity index is 799. The fourth-order valence-corrected chi connectivity index (χ4v) is 4.68. The molecule has 2 heterocycles. The van der Waals surface area contributed by atoms with Gasteiger partial charge in [0.05, 0.1) is 5.92 Å². The summed E-state index contributed by atoms with van der Waals surface area (Å²) in [7, 11) is 0. The van der Waals surface area contributed by atoms with E-state index < -0.39 is 5.97 Å². The molecule has 1 aliphatic heterocycles. The smallest absolute Gasteiger partial charge is 0.307 e. The van der Waals surface area contributed by atoms with Gasteiger partial charge >= 0.3 is 5.97 Å². The molecule has 3 rings (SSSR count). The lowest BCUT2D eigenvalue weighted by atomic mass is 9.97. The van der Waals surface area contributed by atoms with Crippen LogP contribution in [0.3, 0.4) is 0 Å². The summed E-state index contributed by atoms with van der Waals surface area (Å²) in [5.41, 5.74) is 3.61. The molecule has 1 unspecified atom stereocenters. The van der Waals surface area contributed by atoms with Gasteiger partial charge in [-0.25, -0.2) is 0 Å². The van der Waals surface area contributed by atoms with Crippen LogP contribution in [-0.4, -0.2) is 35.6 Å². The van der Waals surface area contributed by atoms with Crippen LogP contribution in [0.5, 0.6) is 0 Å². The number of aliphatic carboxylic acids is 1. The second-order valence-corrected chi connectivity index (χ2v) is 8.18. The predicted molar refractivity (Wildman–Crippen MR) is 109 cm³/mol. The molecular weight excluding hydrogens is 366 g/mol. The Morgan fingerprint density at radius 1 is 1.42 bits per heavy atom. The minimum atomic E-state index is -0.668. The van der Waals surface area contributed by atoms with E-state index in [1.54, 1.807) is 11.3 Å². The number of carbonyl (C=O) groups is 1. The summed E-state index contributed by atoms with van der Waals surface area (Å²) in [4.78, 5) is 14.8. The molecule has 138 valence electrons. The van der Waals surface area contributed by atoms with Gasteiger partial charge in [0, 0.05) is 23.0 Å². The van der Waals surface area contributed by atoms with Crippen molar-refractivity contribution in [2.75, 3.05) is 19.6 Å². The Morgan fingerprint density at radius 3 is 2.96 bits per heavy atom. The van der Waals surface area contributed by atoms with Crippen molar-refractivity contribution < 1.29 is 9.90 Å². The number of nitrogens with zero attached hydrogens (tertiary/aromatic N) is 1. The number of carboxylic acid groups (broad SMARTS) is 1. The zero-order chi connectivity index (χ0) is 18.5. The number of likely N-dealkylation sites (tertiary alicyclic amines) is 1. The third-order valence-corrected chi connectivity index (χ3v) is 6.18. The lowest BCUT2D eigenvalue weighted by Crippen LogP contribution is -2.39. The SMILES string of the molecule is Cc1ccsc1C(=CCCN1CCCC(C(=O)O)C1)c1cccc(Cl)c1. The first-order chi connectivity index (χ1) is 12.5. The van der Waals surface area contributed by atoms with Gasteiger partial charge in [0.1, 0.15) is 0 Å². The summed E-state index contributed by atoms with van der Waals surface area (Å²) in [6.45, 7) is 4.67. The molecule has 1 N–H and O–H groups in total. The largest absolute Gasteiger partial charge is 0.481 e. The molecule has 3 nitrogen and oxygen atoms in total. The second-order valence-electron chi connectivity index (χ2n) is 6.83. The number of aryl methyl sites for hydroxylation is 1. The van der Waals surface area contributed by atoms with Crippen molar-refractivity contribution in [2.45, 2.75) is 26.2 Å². The van der Waals surface area contributed by atoms with Crippen LogP contribution in [0.2, 0.25) is 5.02 Å². The maximum atomic E-state index is 11.2. The number of halogens is 1. The molecule has 0 bridgehead atoms. The highest BCUT2D eigenvalue weighted by Gasteiger charge is 2.24. The number of hydrogen-bond donors (Lipinski definition) is 1. The molecule has 1 saturated heterocycles. The number of rotatable bonds is 6. The van der Waals surface area contributed by atoms with Gasteiger partial charge in [0.15, 0.2) is 0 Å². The van der Waals surface area contributed by atoms with Crippen molar-refractivity contribution in [3.8, 4) is 0 Å². The summed E-state index contributed by atoms with van der Waals surface area (Å²) < 4.78 is 0. The maximum absolute atomic E-state index is 11.2. The summed E-state index contributed by atoms with van der Waals surface area (Å²) >= 11 is 7.95. The van der Waals surface area contributed by atoms with Crippen molar-refractivity contribution in [2.24, 2.45) is 5.92 Å². The Kier molecular flexibility index (Phi) is 6.52. The normalized spacial score (nSPS) is 18.8. The Balaban J connectivity index is 1.75. The van der Waals surface area contributed by atoms with Gasteiger partial charge in [-0.15, -0.1) is 11.3 Å². The van der Waals surface area contributed by atoms with Crippen LogP contribution in [0.4, 0.5) is 0 Å². The zero-order valence-electron chi connectivity index (χ0n) is 15.0. The first kappa shape index (κ1) is 19.2. The molecule has 0 aliphatic carbocycles. The topological polar surface area (TPSA) is 40.5 Å². The zero-order valence-corrected chi connectivity index (χ0v) is 16.5. The Labute approximate surface area is 163 Å². The number of benzene rings is 1. The second kappa shape index (κ2) is 8.85. The van der Waals surface area contributed by atoms with Crippen LogP contribution in [0.15, 0.2) is 41.8 Å². The predicted octanol–water partition coefficient (Wildman–Crippen LogP) is 5.33. The summed E-state index contributed by atoms with van der Waals surface area (Å²) in [6, 6.07) is 10.1. The van der Waals surface area contributed by atoms with Crippen molar-refractivity contribution in [1.82, 2.24) is 4.90 Å². The van der Waals surface area contributed by atoms with Gasteiger partial charge in [0.25, 0.3) is 0 Å². The van der Waals surface area contributed by atoms with E-state index in [4.69, 9.17) is 11.6 Å². The van der Waals surface area contributed by atoms with Gasteiger partial charge in [-0.3, -0.25) is 4.79 Å². The fraction of sp³-hybridized carbons (Fsp3) is 0.381. The van der Waals surface area contributed by atoms with Crippen LogP contribution in [0.1, 0.15) is 35.3 Å². The van der Waals surface area contributed by atoms with E-state index in [1.807, 2.05) is 18.2 Å². The summed E-state index contributed by atoms with van der Waals surface area (Å²) in [5.74, 6) is -0.890. The van der Waals surface area contributed by atoms with Crippen molar-refractivity contribution in [3.63, 3.8) is 0 Å². The van der Waals surface area contributed by atoms with Gasteiger partial charge in [0.2, 0.25) is 0 Å². The molecule has 26 heavy (non-hydrogen) atoms. The maximum Gasteiger partial charge on any atom is 0.307 e. The minimum absolute atomic E-state index is 0.223. The third-order valence-electron chi connectivity index (χ3n) is 4.89. The van der Waals surface area contributed by atoms with Crippen molar-refractivity contribution in [1.29, 1.82) is 0 Å². The standard InChI is InChI=1S/C21H24ClNO2S/c1-15-9-12-26-20(15)19(16-5-2-7-18(22)13-16)8-4-11-23-10-3-6-17(14-23)21(24)25/h2,5,7-9,12-13,17H,3-4,6,10-11,14H2,1H3,(H,24,25). The number of carboxylic acids is 1. The van der Waals surface area contributed by atoms with Crippen LogP contribution in [-0.2, 0) is 4.79 Å². The molecule has 2 aromatic rings. The highest BCUT2D eigenvalue weighted by atomic mass is 35.5. The highest BCUT2D eigenvalue weighted by molar-refractivity contribution is 7.11. The van der Waals surface area contributed by atoms with E-state index in [-0.39, 0.29) is 5.92 Å². The molecule has 0 radical (unpaired) electrons. The monoisotopic (exact) mass is 389 g/mol. The highest BCUT2D eigenvalue weighted by Crippen LogP contribution is 2.32. The lowest BCUT2D eigenvalue weighted by Gasteiger charge is -2.30. The molecule has 0 saturated carbocycles. The Hall–Kier alpha value is -1.62. The van der Waals surface area contributed by atoms with Gasteiger partial charge < -0.3 is 10.0 Å². The van der Waals surface area contributed by atoms with Crippen LogP contribution < -0.4 is 0 Å². The van der Waals surface area contributed by atoms with Gasteiger partial charge in [-0.2, -0.15) is 0 Å². The molecule has 1 aromatic heterocycles. The number of thiophene rings is 1. The van der Waals surface area contributed by atoms with Crippen LogP contribution >= 0.6 is 22.9 Å². The molecule has 1 atom stereocenters. The molecular formula is C21H24ClNO2S. The van der Waals surface area contributed by atoms with E-state index in [1.165, 1.54) is 16.0 Å². The van der Waals surface area contributed by atoms with E-state index >= 15 is 0 Å². The first-order valence-corrected chi connectivity index (χ1v) is 10.3. The van der Waals surface area contributed by atoms with E-state index in [9.17, 15) is 9.90 Å². The van der Waals surface area contributed by atoms with Crippen LogP contribution in [0, 0.1) is 12.8 Å². The number of hydrogen-bond acceptors (Lipinski definition) is 3. The lowest BCUT2D eigenvalue weighted by molar-refractivity contribution is -0.143. The van der Waals surface area contributed by atoms with E-state index in [0.29, 0.717) is 6.54 Å². The quantitative estimate of drug-likeness (QED) is 0.726. The van der Waals surface area contributed by atoms with E-state index in [0.717, 1.165) is 42.9 Å². The molecule has 0 amide bonds. The average molecular weight is 390 g/mol. The summed E-state index contributed by atoms with van der Waals surface area (Å²) in [6.07, 6.45) is 4.93. The molecule has 1 aliphatic rings. The van der Waals surface area contributed by atoms with Crippen molar-refractivity contribution >= 4 is 34.5 Å². The molecule has 5 heteroatoms. The number of piperidine rings is 1.